The lowest BCUT2D eigenvalue weighted by Crippen LogP contribution is -2.45. The lowest BCUT2D eigenvalue weighted by molar-refractivity contribution is -0.127. The number of ether oxygens (including phenoxy) is 1. The standard InChI is InChI=1S/C16H24N4O4S/c1-9(2)6-7-17-16-19-12(8-25-16)14(22)24-10(3)13(21)20-15(23)18-11-4-5-11/h8-11H,4-7H2,1-3H3,(H,17,19)(H2,18,20,21,23)/t10-/m1/s1. The largest absolute Gasteiger partial charge is 0.448 e. The van der Waals surface area contributed by atoms with Gasteiger partial charge in [0.2, 0.25) is 0 Å². The number of urea groups is 1. The lowest BCUT2D eigenvalue weighted by Gasteiger charge is -2.12. The summed E-state index contributed by atoms with van der Waals surface area (Å²) in [6.07, 6.45) is 1.75. The van der Waals surface area contributed by atoms with Gasteiger partial charge >= 0.3 is 12.0 Å². The van der Waals surface area contributed by atoms with Crippen LogP contribution in [0.5, 0.6) is 0 Å². The molecule has 138 valence electrons. The first kappa shape index (κ1) is 19.2. The number of nitrogens with zero attached hydrogens (tertiary/aromatic N) is 1. The van der Waals surface area contributed by atoms with E-state index in [1.54, 1.807) is 5.38 Å². The Labute approximate surface area is 150 Å². The summed E-state index contributed by atoms with van der Waals surface area (Å²) in [6.45, 7) is 6.44. The highest BCUT2D eigenvalue weighted by atomic mass is 32.1. The normalized spacial score (nSPS) is 14.7. The van der Waals surface area contributed by atoms with Gasteiger partial charge in [0.25, 0.3) is 5.91 Å². The summed E-state index contributed by atoms with van der Waals surface area (Å²) < 4.78 is 5.06. The molecule has 0 spiro atoms. The molecule has 2 rings (SSSR count). The summed E-state index contributed by atoms with van der Waals surface area (Å²) in [4.78, 5) is 39.6. The van der Waals surface area contributed by atoms with E-state index in [0.29, 0.717) is 11.0 Å². The van der Waals surface area contributed by atoms with E-state index in [1.807, 2.05) is 0 Å². The van der Waals surface area contributed by atoms with Crippen LogP contribution in [-0.2, 0) is 9.53 Å². The fourth-order valence-corrected chi connectivity index (χ4v) is 2.56. The Balaban J connectivity index is 1.76. The molecule has 1 atom stereocenters. The SMILES string of the molecule is CC(C)CCNc1nc(C(=O)O[C@H](C)C(=O)NC(=O)NC2CC2)cs1. The van der Waals surface area contributed by atoms with Crippen molar-refractivity contribution in [1.82, 2.24) is 15.6 Å². The van der Waals surface area contributed by atoms with Crippen molar-refractivity contribution in [2.24, 2.45) is 5.92 Å². The van der Waals surface area contributed by atoms with Gasteiger partial charge in [0.1, 0.15) is 0 Å². The number of imide groups is 1. The Bertz CT molecular complexity index is 627. The van der Waals surface area contributed by atoms with Crippen LogP contribution < -0.4 is 16.0 Å². The van der Waals surface area contributed by atoms with Crippen molar-refractivity contribution in [3.8, 4) is 0 Å². The zero-order valence-corrected chi connectivity index (χ0v) is 15.4. The van der Waals surface area contributed by atoms with Gasteiger partial charge in [0, 0.05) is 18.0 Å². The quantitative estimate of drug-likeness (QED) is 0.607. The second-order valence-electron chi connectivity index (χ2n) is 6.43. The van der Waals surface area contributed by atoms with Crippen molar-refractivity contribution >= 4 is 34.4 Å². The van der Waals surface area contributed by atoms with Gasteiger partial charge in [0.05, 0.1) is 0 Å². The smallest absolute Gasteiger partial charge is 0.358 e. The number of esters is 1. The second kappa shape index (κ2) is 8.80. The summed E-state index contributed by atoms with van der Waals surface area (Å²) in [5.74, 6) is -0.788. The van der Waals surface area contributed by atoms with Crippen LogP contribution in [0.2, 0.25) is 0 Å². The van der Waals surface area contributed by atoms with Gasteiger partial charge in [-0.2, -0.15) is 0 Å². The molecule has 0 unspecified atom stereocenters. The Morgan fingerprint density at radius 3 is 2.68 bits per heavy atom. The van der Waals surface area contributed by atoms with Crippen LogP contribution in [0.25, 0.3) is 0 Å². The minimum absolute atomic E-state index is 0.138. The van der Waals surface area contributed by atoms with E-state index >= 15 is 0 Å². The summed E-state index contributed by atoms with van der Waals surface area (Å²) >= 11 is 1.30. The molecule has 1 fully saturated rings. The number of amides is 3. The number of rotatable bonds is 8. The van der Waals surface area contributed by atoms with Gasteiger partial charge in [-0.15, -0.1) is 11.3 Å². The molecule has 1 aromatic heterocycles. The van der Waals surface area contributed by atoms with Gasteiger partial charge < -0.3 is 15.4 Å². The summed E-state index contributed by atoms with van der Waals surface area (Å²) in [5, 5.41) is 10.1. The Kier molecular flexibility index (Phi) is 6.74. The van der Waals surface area contributed by atoms with Gasteiger partial charge in [-0.25, -0.2) is 14.6 Å². The number of hydrogen-bond acceptors (Lipinski definition) is 7. The maximum atomic E-state index is 12.0. The highest BCUT2D eigenvalue weighted by molar-refractivity contribution is 7.13. The summed E-state index contributed by atoms with van der Waals surface area (Å²) in [6, 6.07) is -0.428. The predicted molar refractivity (Wildman–Crippen MR) is 94.6 cm³/mol. The number of hydrogen-bond donors (Lipinski definition) is 3. The highest BCUT2D eigenvalue weighted by Crippen LogP contribution is 2.18. The van der Waals surface area contributed by atoms with E-state index in [4.69, 9.17) is 4.74 Å². The van der Waals surface area contributed by atoms with Crippen molar-refractivity contribution in [1.29, 1.82) is 0 Å². The van der Waals surface area contributed by atoms with Crippen LogP contribution in [0.1, 0.15) is 50.5 Å². The van der Waals surface area contributed by atoms with E-state index < -0.39 is 24.0 Å². The third-order valence-corrected chi connectivity index (χ3v) is 4.31. The van der Waals surface area contributed by atoms with Crippen LogP contribution in [0.15, 0.2) is 5.38 Å². The molecule has 0 aliphatic heterocycles. The van der Waals surface area contributed by atoms with Crippen LogP contribution in [0.4, 0.5) is 9.93 Å². The van der Waals surface area contributed by atoms with E-state index in [1.165, 1.54) is 18.3 Å². The molecule has 1 heterocycles. The zero-order valence-electron chi connectivity index (χ0n) is 14.6. The molecule has 0 aromatic carbocycles. The molecule has 1 aliphatic carbocycles. The molecule has 0 saturated heterocycles. The van der Waals surface area contributed by atoms with Gasteiger partial charge in [-0.1, -0.05) is 13.8 Å². The Hall–Kier alpha value is -2.16. The first-order valence-corrected chi connectivity index (χ1v) is 9.25. The van der Waals surface area contributed by atoms with Crippen molar-refractivity contribution in [3.05, 3.63) is 11.1 Å². The minimum Gasteiger partial charge on any atom is -0.448 e. The molecule has 0 radical (unpaired) electrons. The number of nitrogens with one attached hydrogen (secondary N) is 3. The van der Waals surface area contributed by atoms with E-state index in [0.717, 1.165) is 25.8 Å². The minimum atomic E-state index is -1.09. The predicted octanol–water partition coefficient (Wildman–Crippen LogP) is 2.13. The van der Waals surface area contributed by atoms with Crippen LogP contribution in [0.3, 0.4) is 0 Å². The first-order chi connectivity index (χ1) is 11.8. The molecule has 8 nitrogen and oxygen atoms in total. The molecule has 9 heteroatoms. The third-order valence-electron chi connectivity index (χ3n) is 3.51. The molecule has 1 saturated carbocycles. The highest BCUT2D eigenvalue weighted by Gasteiger charge is 2.26. The molecule has 25 heavy (non-hydrogen) atoms. The summed E-state index contributed by atoms with van der Waals surface area (Å²) in [7, 11) is 0. The van der Waals surface area contributed by atoms with E-state index in [-0.39, 0.29) is 11.7 Å². The second-order valence-corrected chi connectivity index (χ2v) is 7.29. The molecular weight excluding hydrogens is 344 g/mol. The van der Waals surface area contributed by atoms with Crippen molar-refractivity contribution < 1.29 is 19.1 Å². The van der Waals surface area contributed by atoms with Gasteiger partial charge in [-0.3, -0.25) is 10.1 Å². The number of aromatic nitrogens is 1. The lowest BCUT2D eigenvalue weighted by atomic mass is 10.1. The third kappa shape index (κ3) is 6.69. The number of thiazole rings is 1. The fourth-order valence-electron chi connectivity index (χ4n) is 1.85. The van der Waals surface area contributed by atoms with Crippen molar-refractivity contribution in [2.75, 3.05) is 11.9 Å². The molecule has 3 N–H and O–H groups in total. The molecular formula is C16H24N4O4S. The van der Waals surface area contributed by atoms with Crippen molar-refractivity contribution in [3.63, 3.8) is 0 Å². The van der Waals surface area contributed by atoms with Crippen molar-refractivity contribution in [2.45, 2.75) is 52.2 Å². The topological polar surface area (TPSA) is 109 Å². The Morgan fingerprint density at radius 1 is 1.32 bits per heavy atom. The average Bonchev–Trinajstić information content (AvgIpc) is 3.21. The number of carbonyl (C=O) groups is 3. The maximum absolute atomic E-state index is 12.0. The molecule has 0 bridgehead atoms. The fraction of sp³-hybridized carbons (Fsp3) is 0.625. The van der Waals surface area contributed by atoms with Gasteiger partial charge in [-0.05, 0) is 32.1 Å². The molecule has 1 aliphatic rings. The van der Waals surface area contributed by atoms with Crippen LogP contribution >= 0.6 is 11.3 Å². The zero-order chi connectivity index (χ0) is 18.4. The van der Waals surface area contributed by atoms with Crippen LogP contribution in [-0.4, -0.2) is 41.6 Å². The summed E-state index contributed by atoms with van der Waals surface area (Å²) in [5.41, 5.74) is 0.138. The van der Waals surface area contributed by atoms with E-state index in [2.05, 4.69) is 34.8 Å². The van der Waals surface area contributed by atoms with Gasteiger partial charge in [0.15, 0.2) is 16.9 Å². The molecule has 3 amide bonds. The average molecular weight is 368 g/mol. The monoisotopic (exact) mass is 368 g/mol. The maximum Gasteiger partial charge on any atom is 0.358 e. The number of anilines is 1. The Morgan fingerprint density at radius 2 is 2.04 bits per heavy atom. The van der Waals surface area contributed by atoms with E-state index in [9.17, 15) is 14.4 Å². The number of carbonyl (C=O) groups excluding carboxylic acids is 3. The first-order valence-electron chi connectivity index (χ1n) is 8.37. The molecule has 1 aromatic rings. The van der Waals surface area contributed by atoms with Crippen LogP contribution in [0, 0.1) is 5.92 Å².